The van der Waals surface area contributed by atoms with Crippen molar-refractivity contribution in [1.82, 2.24) is 24.5 Å². The van der Waals surface area contributed by atoms with Crippen LogP contribution in [0.1, 0.15) is 24.6 Å². The molecule has 0 N–H and O–H groups in total. The first kappa shape index (κ1) is 17.0. The molecule has 1 aliphatic heterocycles. The quantitative estimate of drug-likeness (QED) is 0.596. The van der Waals surface area contributed by atoms with Crippen LogP contribution in [0.2, 0.25) is 15.3 Å². The van der Waals surface area contributed by atoms with Crippen molar-refractivity contribution in [2.75, 3.05) is 20.1 Å². The lowest BCUT2D eigenvalue weighted by Gasteiger charge is -2.26. The van der Waals surface area contributed by atoms with Gasteiger partial charge in [0.05, 0.1) is 10.7 Å². The van der Waals surface area contributed by atoms with Gasteiger partial charge in [0.15, 0.2) is 11.5 Å². The lowest BCUT2D eigenvalue weighted by Crippen LogP contribution is -2.29. The lowest BCUT2D eigenvalue weighted by molar-refractivity contribution is 0.251. The summed E-state index contributed by atoms with van der Waals surface area (Å²) in [5.41, 5.74) is 2.09. The fraction of sp³-hybridized carbons (Fsp3) is 0.353. The van der Waals surface area contributed by atoms with Crippen molar-refractivity contribution in [3.05, 3.63) is 45.4 Å². The molecule has 0 atom stereocenters. The number of piperidine rings is 1. The second-order valence-electron chi connectivity index (χ2n) is 6.35. The zero-order valence-electron chi connectivity index (χ0n) is 13.6. The van der Waals surface area contributed by atoms with Crippen molar-refractivity contribution in [1.29, 1.82) is 0 Å². The minimum Gasteiger partial charge on any atom is -0.306 e. The van der Waals surface area contributed by atoms with Crippen molar-refractivity contribution in [3.8, 4) is 11.3 Å². The van der Waals surface area contributed by atoms with Crippen LogP contribution in [0.5, 0.6) is 0 Å². The summed E-state index contributed by atoms with van der Waals surface area (Å²) in [5, 5.41) is 5.94. The van der Waals surface area contributed by atoms with Gasteiger partial charge in [0.25, 0.3) is 0 Å². The van der Waals surface area contributed by atoms with Gasteiger partial charge in [0.2, 0.25) is 5.28 Å². The summed E-state index contributed by atoms with van der Waals surface area (Å²) >= 11 is 18.6. The molecule has 0 saturated carbocycles. The van der Waals surface area contributed by atoms with E-state index in [0.717, 1.165) is 37.3 Å². The number of rotatable bonds is 2. The SMILES string of the molecule is CN1CCC(c2nc3cc(-c4ccc(Cl)cc4Cl)nc(Cl)n3n2)CC1. The number of aromatic nitrogens is 4. The molecule has 130 valence electrons. The molecule has 1 fully saturated rings. The standard InChI is InChI=1S/C17H16Cl3N5/c1-24-6-4-10(5-7-24)16-22-15-9-14(21-17(20)25(15)23-16)12-3-2-11(18)8-13(12)19/h2-3,8-10H,4-7H2,1H3. The highest BCUT2D eigenvalue weighted by Crippen LogP contribution is 2.31. The highest BCUT2D eigenvalue weighted by atomic mass is 35.5. The second kappa shape index (κ2) is 6.72. The number of hydrogen-bond acceptors (Lipinski definition) is 4. The molecule has 0 aliphatic carbocycles. The fourth-order valence-electron chi connectivity index (χ4n) is 3.15. The first-order valence-electron chi connectivity index (χ1n) is 8.08. The van der Waals surface area contributed by atoms with E-state index in [1.807, 2.05) is 12.1 Å². The Hall–Kier alpha value is -1.40. The van der Waals surface area contributed by atoms with Crippen LogP contribution < -0.4 is 0 Å². The molecule has 2 aromatic heterocycles. The molecule has 1 aromatic carbocycles. The van der Waals surface area contributed by atoms with E-state index in [0.29, 0.717) is 27.3 Å². The first-order chi connectivity index (χ1) is 12.0. The highest BCUT2D eigenvalue weighted by molar-refractivity contribution is 6.36. The maximum absolute atomic E-state index is 6.34. The third kappa shape index (κ3) is 3.34. The average molecular weight is 397 g/mol. The van der Waals surface area contributed by atoms with Gasteiger partial charge in [-0.15, -0.1) is 5.10 Å². The molecule has 4 rings (SSSR count). The van der Waals surface area contributed by atoms with Gasteiger partial charge in [-0.05, 0) is 62.8 Å². The van der Waals surface area contributed by atoms with Crippen LogP contribution >= 0.6 is 34.8 Å². The zero-order valence-corrected chi connectivity index (χ0v) is 15.9. The molecule has 1 saturated heterocycles. The van der Waals surface area contributed by atoms with E-state index in [2.05, 4.69) is 22.0 Å². The van der Waals surface area contributed by atoms with E-state index in [9.17, 15) is 0 Å². The number of fused-ring (bicyclic) bond motifs is 1. The van der Waals surface area contributed by atoms with Crippen molar-refractivity contribution < 1.29 is 0 Å². The van der Waals surface area contributed by atoms with E-state index in [1.165, 1.54) is 0 Å². The molecule has 0 radical (unpaired) electrons. The van der Waals surface area contributed by atoms with E-state index in [4.69, 9.17) is 39.8 Å². The van der Waals surface area contributed by atoms with E-state index in [-0.39, 0.29) is 5.28 Å². The Bertz CT molecular complexity index is 931. The van der Waals surface area contributed by atoms with Gasteiger partial charge >= 0.3 is 0 Å². The molecule has 1 aliphatic rings. The Labute approximate surface area is 160 Å². The normalized spacial score (nSPS) is 16.6. The minimum atomic E-state index is 0.269. The van der Waals surface area contributed by atoms with E-state index in [1.54, 1.807) is 16.6 Å². The molecule has 0 amide bonds. The van der Waals surface area contributed by atoms with Crippen LogP contribution in [0.4, 0.5) is 0 Å². The Morgan fingerprint density at radius 2 is 1.80 bits per heavy atom. The highest BCUT2D eigenvalue weighted by Gasteiger charge is 2.23. The van der Waals surface area contributed by atoms with Crippen molar-refractivity contribution in [3.63, 3.8) is 0 Å². The molecule has 0 bridgehead atoms. The van der Waals surface area contributed by atoms with Gasteiger partial charge in [-0.1, -0.05) is 23.2 Å². The van der Waals surface area contributed by atoms with Crippen LogP contribution in [-0.2, 0) is 0 Å². The molecule has 8 heteroatoms. The van der Waals surface area contributed by atoms with Crippen LogP contribution in [0.15, 0.2) is 24.3 Å². The van der Waals surface area contributed by atoms with Crippen LogP contribution in [0, 0.1) is 0 Å². The van der Waals surface area contributed by atoms with Gasteiger partial charge in [-0.3, -0.25) is 0 Å². The summed E-state index contributed by atoms with van der Waals surface area (Å²) in [4.78, 5) is 11.4. The molecule has 0 spiro atoms. The Morgan fingerprint density at radius 3 is 2.52 bits per heavy atom. The minimum absolute atomic E-state index is 0.269. The van der Waals surface area contributed by atoms with Gasteiger partial charge < -0.3 is 4.90 Å². The largest absolute Gasteiger partial charge is 0.306 e. The third-order valence-corrected chi connectivity index (χ3v) is 5.39. The summed E-state index contributed by atoms with van der Waals surface area (Å²) in [6.07, 6.45) is 2.10. The Balaban J connectivity index is 1.74. The van der Waals surface area contributed by atoms with Gasteiger partial charge in [-0.25, -0.2) is 9.97 Å². The van der Waals surface area contributed by atoms with Gasteiger partial charge in [-0.2, -0.15) is 4.52 Å². The first-order valence-corrected chi connectivity index (χ1v) is 9.22. The number of hydrogen-bond donors (Lipinski definition) is 0. The van der Waals surface area contributed by atoms with Crippen LogP contribution in [0.3, 0.4) is 0 Å². The number of halogens is 3. The molecular formula is C17H16Cl3N5. The van der Waals surface area contributed by atoms with Crippen molar-refractivity contribution in [2.45, 2.75) is 18.8 Å². The molecule has 0 unspecified atom stereocenters. The Kier molecular flexibility index (Phi) is 4.58. The number of likely N-dealkylation sites (tertiary alicyclic amines) is 1. The summed E-state index contributed by atoms with van der Waals surface area (Å²) in [7, 11) is 2.14. The lowest BCUT2D eigenvalue weighted by atomic mass is 9.97. The van der Waals surface area contributed by atoms with Crippen molar-refractivity contribution in [2.24, 2.45) is 0 Å². The average Bonchev–Trinajstić information content (AvgIpc) is 3.00. The summed E-state index contributed by atoms with van der Waals surface area (Å²) in [6, 6.07) is 7.14. The third-order valence-electron chi connectivity index (χ3n) is 4.59. The molecular weight excluding hydrogens is 381 g/mol. The van der Waals surface area contributed by atoms with Crippen molar-refractivity contribution >= 4 is 40.4 Å². The topological polar surface area (TPSA) is 46.3 Å². The monoisotopic (exact) mass is 395 g/mol. The molecule has 5 nitrogen and oxygen atoms in total. The fourth-order valence-corrected chi connectivity index (χ4v) is 3.87. The maximum atomic E-state index is 6.34. The molecule has 3 aromatic rings. The predicted octanol–water partition coefficient (Wildman–Crippen LogP) is 4.56. The van der Waals surface area contributed by atoms with Crippen LogP contribution in [0.25, 0.3) is 16.9 Å². The van der Waals surface area contributed by atoms with E-state index < -0.39 is 0 Å². The maximum Gasteiger partial charge on any atom is 0.226 e. The summed E-state index contributed by atoms with van der Waals surface area (Å²) < 4.78 is 1.59. The Morgan fingerprint density at radius 1 is 1.04 bits per heavy atom. The van der Waals surface area contributed by atoms with Crippen LogP contribution in [-0.4, -0.2) is 44.6 Å². The number of nitrogens with zero attached hydrogens (tertiary/aromatic N) is 5. The molecule has 25 heavy (non-hydrogen) atoms. The van der Waals surface area contributed by atoms with Gasteiger partial charge in [0, 0.05) is 22.6 Å². The molecule has 3 heterocycles. The summed E-state index contributed by atoms with van der Waals surface area (Å²) in [6.45, 7) is 2.11. The predicted molar refractivity (Wildman–Crippen MR) is 101 cm³/mol. The smallest absolute Gasteiger partial charge is 0.226 e. The summed E-state index contributed by atoms with van der Waals surface area (Å²) in [5.74, 6) is 1.19. The second-order valence-corrected chi connectivity index (χ2v) is 7.53. The number of benzene rings is 1. The zero-order chi connectivity index (χ0) is 17.6. The van der Waals surface area contributed by atoms with Gasteiger partial charge in [0.1, 0.15) is 0 Å². The van der Waals surface area contributed by atoms with E-state index >= 15 is 0 Å².